The second-order valence-corrected chi connectivity index (χ2v) is 9.61. The zero-order chi connectivity index (χ0) is 23.7. The molecule has 0 unspecified atom stereocenters. The van der Waals surface area contributed by atoms with E-state index >= 15 is 0 Å². The van der Waals surface area contributed by atoms with Gasteiger partial charge >= 0.3 is 0 Å². The molecule has 34 heavy (non-hydrogen) atoms. The topological polar surface area (TPSA) is 50.7 Å². The molecule has 0 amide bonds. The van der Waals surface area contributed by atoms with Crippen LogP contribution < -0.4 is 19.3 Å². The van der Waals surface area contributed by atoms with Crippen LogP contribution in [-0.2, 0) is 0 Å². The molecule has 0 atom stereocenters. The SMILES string of the molecule is CCOc1ccc(-c2c(C)sc3nc(C)nc(N4CCN(c5ccccc5OC)CC4)c23)cc1. The van der Waals surface area contributed by atoms with Crippen molar-refractivity contribution in [2.45, 2.75) is 20.8 Å². The standard InChI is InChI=1S/C27H30N4O2S/c1-5-33-21-12-10-20(11-13-21)24-18(2)34-27-25(24)26(28-19(3)29-27)31-16-14-30(15-17-31)22-8-6-7-9-23(22)32-4/h6-13H,5,14-17H2,1-4H3. The number of hydrogen-bond donors (Lipinski definition) is 0. The number of aromatic nitrogens is 2. The maximum absolute atomic E-state index is 5.65. The van der Waals surface area contributed by atoms with Crippen LogP contribution in [-0.4, -0.2) is 49.9 Å². The molecule has 4 aromatic rings. The van der Waals surface area contributed by atoms with Crippen LogP contribution in [0.2, 0.25) is 0 Å². The normalized spacial score (nSPS) is 14.0. The molecule has 176 valence electrons. The van der Waals surface area contributed by atoms with E-state index in [-0.39, 0.29) is 0 Å². The van der Waals surface area contributed by atoms with Crippen LogP contribution in [0, 0.1) is 13.8 Å². The molecule has 0 bridgehead atoms. The van der Waals surface area contributed by atoms with Crippen LogP contribution in [0.25, 0.3) is 21.3 Å². The average molecular weight is 475 g/mol. The molecular weight excluding hydrogens is 444 g/mol. The van der Waals surface area contributed by atoms with Gasteiger partial charge in [-0.05, 0) is 50.6 Å². The smallest absolute Gasteiger partial charge is 0.142 e. The summed E-state index contributed by atoms with van der Waals surface area (Å²) in [5, 5.41) is 1.16. The fourth-order valence-electron chi connectivity index (χ4n) is 4.71. The number of hydrogen-bond acceptors (Lipinski definition) is 7. The zero-order valence-corrected chi connectivity index (χ0v) is 21.0. The van der Waals surface area contributed by atoms with E-state index in [4.69, 9.17) is 19.4 Å². The number of benzene rings is 2. The number of rotatable bonds is 6. The largest absolute Gasteiger partial charge is 0.495 e. The van der Waals surface area contributed by atoms with E-state index in [2.05, 4.69) is 41.0 Å². The van der Waals surface area contributed by atoms with Gasteiger partial charge in [0.2, 0.25) is 0 Å². The highest BCUT2D eigenvalue weighted by molar-refractivity contribution is 7.19. The highest BCUT2D eigenvalue weighted by Gasteiger charge is 2.25. The molecule has 0 N–H and O–H groups in total. The summed E-state index contributed by atoms with van der Waals surface area (Å²) in [5.74, 6) is 3.66. The number of piperazine rings is 1. The lowest BCUT2D eigenvalue weighted by Crippen LogP contribution is -2.47. The van der Waals surface area contributed by atoms with Crippen LogP contribution in [0.15, 0.2) is 48.5 Å². The van der Waals surface area contributed by atoms with Gasteiger partial charge in [-0.2, -0.15) is 0 Å². The zero-order valence-electron chi connectivity index (χ0n) is 20.2. The van der Waals surface area contributed by atoms with E-state index in [9.17, 15) is 0 Å². The van der Waals surface area contributed by atoms with Gasteiger partial charge in [0, 0.05) is 36.6 Å². The number of methoxy groups -OCH3 is 1. The minimum absolute atomic E-state index is 0.665. The second kappa shape index (κ2) is 9.50. The molecule has 1 aliphatic heterocycles. The quantitative estimate of drug-likeness (QED) is 0.357. The third-order valence-corrected chi connectivity index (χ3v) is 7.28. The van der Waals surface area contributed by atoms with E-state index in [1.54, 1.807) is 18.4 Å². The molecule has 2 aromatic heterocycles. The predicted molar refractivity (Wildman–Crippen MR) is 141 cm³/mol. The van der Waals surface area contributed by atoms with Crippen LogP contribution in [0.1, 0.15) is 17.6 Å². The predicted octanol–water partition coefficient (Wildman–Crippen LogP) is 5.71. The van der Waals surface area contributed by atoms with Crippen molar-refractivity contribution >= 4 is 33.1 Å². The summed E-state index contributed by atoms with van der Waals surface area (Å²) in [7, 11) is 1.73. The molecule has 1 fully saturated rings. The number of fused-ring (bicyclic) bond motifs is 1. The van der Waals surface area contributed by atoms with Gasteiger partial charge in [-0.1, -0.05) is 24.3 Å². The first-order chi connectivity index (χ1) is 16.6. The molecule has 0 radical (unpaired) electrons. The van der Waals surface area contributed by atoms with Crippen molar-refractivity contribution in [3.8, 4) is 22.6 Å². The summed E-state index contributed by atoms with van der Waals surface area (Å²) < 4.78 is 11.2. The summed E-state index contributed by atoms with van der Waals surface area (Å²) in [6.45, 7) is 10.4. The first kappa shape index (κ1) is 22.5. The van der Waals surface area contributed by atoms with Crippen LogP contribution in [0.4, 0.5) is 11.5 Å². The number of aryl methyl sites for hydroxylation is 2. The van der Waals surface area contributed by atoms with Gasteiger partial charge in [-0.25, -0.2) is 9.97 Å². The molecule has 1 aliphatic rings. The van der Waals surface area contributed by atoms with E-state index in [0.29, 0.717) is 6.61 Å². The first-order valence-corrected chi connectivity index (χ1v) is 12.5. The van der Waals surface area contributed by atoms with Gasteiger partial charge in [0.1, 0.15) is 28.0 Å². The molecule has 6 nitrogen and oxygen atoms in total. The number of thiophene rings is 1. The summed E-state index contributed by atoms with van der Waals surface area (Å²) in [6.07, 6.45) is 0. The van der Waals surface area contributed by atoms with Crippen molar-refractivity contribution in [1.82, 2.24) is 9.97 Å². The van der Waals surface area contributed by atoms with Crippen LogP contribution in [0.5, 0.6) is 11.5 Å². The molecule has 2 aromatic carbocycles. The maximum Gasteiger partial charge on any atom is 0.142 e. The molecular formula is C27H30N4O2S. The Bertz CT molecular complexity index is 1290. The molecule has 0 spiro atoms. The summed E-state index contributed by atoms with van der Waals surface area (Å²) in [4.78, 5) is 16.9. The van der Waals surface area contributed by atoms with Crippen LogP contribution in [0.3, 0.4) is 0 Å². The Morgan fingerprint density at radius 3 is 2.32 bits per heavy atom. The second-order valence-electron chi connectivity index (χ2n) is 8.41. The van der Waals surface area contributed by atoms with Crippen molar-refractivity contribution in [2.24, 2.45) is 0 Å². The van der Waals surface area contributed by atoms with Gasteiger partial charge in [-0.3, -0.25) is 0 Å². The van der Waals surface area contributed by atoms with E-state index in [1.165, 1.54) is 16.0 Å². The number of para-hydroxylation sites is 2. The Balaban J connectivity index is 1.49. The van der Waals surface area contributed by atoms with E-state index < -0.39 is 0 Å². The highest BCUT2D eigenvalue weighted by Crippen LogP contribution is 2.42. The van der Waals surface area contributed by atoms with Crippen molar-refractivity contribution in [3.63, 3.8) is 0 Å². The van der Waals surface area contributed by atoms with Crippen molar-refractivity contribution in [2.75, 3.05) is 49.7 Å². The van der Waals surface area contributed by atoms with Crippen LogP contribution >= 0.6 is 11.3 Å². The lowest BCUT2D eigenvalue weighted by Gasteiger charge is -2.37. The van der Waals surface area contributed by atoms with Crippen molar-refractivity contribution < 1.29 is 9.47 Å². The van der Waals surface area contributed by atoms with E-state index in [0.717, 1.165) is 65.2 Å². The summed E-state index contributed by atoms with van der Waals surface area (Å²) >= 11 is 1.75. The Morgan fingerprint density at radius 2 is 1.62 bits per heavy atom. The number of anilines is 2. The summed E-state index contributed by atoms with van der Waals surface area (Å²) in [5.41, 5.74) is 3.55. The third-order valence-electron chi connectivity index (χ3n) is 6.28. The first-order valence-electron chi connectivity index (χ1n) is 11.7. The average Bonchev–Trinajstić information content (AvgIpc) is 3.19. The monoisotopic (exact) mass is 474 g/mol. The molecule has 1 saturated heterocycles. The Morgan fingerprint density at radius 1 is 0.912 bits per heavy atom. The third kappa shape index (κ3) is 4.16. The molecule has 7 heteroatoms. The lowest BCUT2D eigenvalue weighted by molar-refractivity contribution is 0.340. The fraction of sp³-hybridized carbons (Fsp3) is 0.333. The van der Waals surface area contributed by atoms with Crippen molar-refractivity contribution in [3.05, 3.63) is 59.2 Å². The van der Waals surface area contributed by atoms with Gasteiger partial charge in [-0.15, -0.1) is 11.3 Å². The Kier molecular flexibility index (Phi) is 6.28. The maximum atomic E-state index is 5.65. The Labute approximate surface area is 204 Å². The molecule has 0 saturated carbocycles. The molecule has 0 aliphatic carbocycles. The van der Waals surface area contributed by atoms with Gasteiger partial charge < -0.3 is 19.3 Å². The number of ether oxygens (including phenoxy) is 2. The molecule has 3 heterocycles. The Hall–Kier alpha value is -3.32. The van der Waals surface area contributed by atoms with Gasteiger partial charge in [0.05, 0.1) is 24.8 Å². The minimum atomic E-state index is 0.665. The van der Waals surface area contributed by atoms with E-state index in [1.807, 2.05) is 38.1 Å². The van der Waals surface area contributed by atoms with Gasteiger partial charge in [0.15, 0.2) is 0 Å². The van der Waals surface area contributed by atoms with Crippen molar-refractivity contribution in [1.29, 1.82) is 0 Å². The highest BCUT2D eigenvalue weighted by atomic mass is 32.1. The number of nitrogens with zero attached hydrogens (tertiary/aromatic N) is 4. The fourth-order valence-corrected chi connectivity index (χ4v) is 5.79. The summed E-state index contributed by atoms with van der Waals surface area (Å²) in [6, 6.07) is 16.6. The van der Waals surface area contributed by atoms with Gasteiger partial charge in [0.25, 0.3) is 0 Å². The lowest BCUT2D eigenvalue weighted by atomic mass is 10.0. The molecule has 5 rings (SSSR count). The minimum Gasteiger partial charge on any atom is -0.495 e.